The lowest BCUT2D eigenvalue weighted by Crippen LogP contribution is -2.02. The highest BCUT2D eigenvalue weighted by Crippen LogP contribution is 2.18. The van der Waals surface area contributed by atoms with Gasteiger partial charge in [-0.2, -0.15) is 4.98 Å². The number of hydrogen-bond acceptors (Lipinski definition) is 5. The molecule has 6 heteroatoms. The minimum atomic E-state index is -1.13. The first kappa shape index (κ1) is 13.0. The van der Waals surface area contributed by atoms with Crippen molar-refractivity contribution in [2.75, 3.05) is 6.61 Å². The van der Waals surface area contributed by atoms with Crippen LogP contribution < -0.4 is 4.74 Å². The molecule has 19 heavy (non-hydrogen) atoms. The molecule has 0 saturated heterocycles. The number of aliphatic hydroxyl groups excluding tert-OH is 1. The fraction of sp³-hybridized carbons (Fsp3) is 0.154. The predicted molar refractivity (Wildman–Crippen MR) is 66.3 cm³/mol. The largest absolute Gasteiger partial charge is 0.477 e. The molecule has 2 rings (SSSR count). The number of ether oxygens (including phenoxy) is 1. The van der Waals surface area contributed by atoms with Crippen LogP contribution in [0.5, 0.6) is 11.8 Å². The average Bonchev–Trinajstić information content (AvgIpc) is 2.42. The SMILES string of the molecule is O=C(O)c1ccnc(Oc2ccc(CCO)cc2)n1. The smallest absolute Gasteiger partial charge is 0.354 e. The third-order valence-corrected chi connectivity index (χ3v) is 2.39. The van der Waals surface area contributed by atoms with Crippen LogP contribution in [0.25, 0.3) is 0 Å². The fourth-order valence-electron chi connectivity index (χ4n) is 1.47. The van der Waals surface area contributed by atoms with Crippen LogP contribution in [0.3, 0.4) is 0 Å². The molecular weight excluding hydrogens is 248 g/mol. The zero-order valence-electron chi connectivity index (χ0n) is 9.98. The summed E-state index contributed by atoms with van der Waals surface area (Å²) in [7, 11) is 0. The molecule has 0 radical (unpaired) electrons. The second kappa shape index (κ2) is 5.92. The Morgan fingerprint density at radius 3 is 2.58 bits per heavy atom. The van der Waals surface area contributed by atoms with E-state index in [9.17, 15) is 4.79 Å². The minimum absolute atomic E-state index is 0.0187. The van der Waals surface area contributed by atoms with Crippen molar-refractivity contribution in [2.45, 2.75) is 6.42 Å². The number of nitrogens with zero attached hydrogens (tertiary/aromatic N) is 2. The summed E-state index contributed by atoms with van der Waals surface area (Å²) in [6.07, 6.45) is 1.90. The molecule has 1 heterocycles. The normalized spacial score (nSPS) is 10.2. The molecule has 0 bridgehead atoms. The summed E-state index contributed by atoms with van der Waals surface area (Å²) in [5.41, 5.74) is 0.858. The number of aromatic carboxylic acids is 1. The van der Waals surface area contributed by atoms with Crippen LogP contribution in [0.2, 0.25) is 0 Å². The Hall–Kier alpha value is -2.47. The van der Waals surface area contributed by atoms with Crippen molar-refractivity contribution in [3.63, 3.8) is 0 Å². The number of aromatic nitrogens is 2. The number of rotatable bonds is 5. The summed E-state index contributed by atoms with van der Waals surface area (Å²) >= 11 is 0. The summed E-state index contributed by atoms with van der Waals surface area (Å²) in [5, 5.41) is 17.6. The van der Waals surface area contributed by atoms with Gasteiger partial charge in [-0.15, -0.1) is 0 Å². The van der Waals surface area contributed by atoms with Gasteiger partial charge in [0.1, 0.15) is 5.75 Å². The molecule has 0 amide bonds. The molecule has 0 aliphatic heterocycles. The number of benzene rings is 1. The molecule has 2 aromatic rings. The van der Waals surface area contributed by atoms with Crippen LogP contribution in [0.15, 0.2) is 36.5 Å². The molecule has 98 valence electrons. The Morgan fingerprint density at radius 2 is 1.95 bits per heavy atom. The van der Waals surface area contributed by atoms with Crippen LogP contribution in [0, 0.1) is 0 Å². The summed E-state index contributed by atoms with van der Waals surface area (Å²) in [6.45, 7) is 0.0873. The number of carboxylic acids is 1. The summed E-state index contributed by atoms with van der Waals surface area (Å²) in [6, 6.07) is 8.32. The number of carbonyl (C=O) groups is 1. The van der Waals surface area contributed by atoms with Crippen molar-refractivity contribution in [3.8, 4) is 11.8 Å². The van der Waals surface area contributed by atoms with E-state index in [2.05, 4.69) is 9.97 Å². The van der Waals surface area contributed by atoms with E-state index in [1.54, 1.807) is 12.1 Å². The van der Waals surface area contributed by atoms with E-state index < -0.39 is 5.97 Å². The van der Waals surface area contributed by atoms with Crippen LogP contribution in [0.1, 0.15) is 16.1 Å². The van der Waals surface area contributed by atoms with Crippen molar-refractivity contribution in [1.82, 2.24) is 9.97 Å². The Balaban J connectivity index is 2.12. The number of aliphatic hydroxyl groups is 1. The highest BCUT2D eigenvalue weighted by Gasteiger charge is 2.07. The molecule has 1 aromatic carbocycles. The molecule has 1 aromatic heterocycles. The molecule has 0 aliphatic rings. The van der Waals surface area contributed by atoms with Gasteiger partial charge in [-0.3, -0.25) is 0 Å². The number of carboxylic acid groups (broad SMARTS) is 1. The van der Waals surface area contributed by atoms with E-state index >= 15 is 0 Å². The maximum absolute atomic E-state index is 10.8. The molecule has 6 nitrogen and oxygen atoms in total. The molecule has 0 fully saturated rings. The van der Waals surface area contributed by atoms with Gasteiger partial charge in [-0.25, -0.2) is 9.78 Å². The van der Waals surface area contributed by atoms with E-state index in [4.69, 9.17) is 14.9 Å². The first-order valence-corrected chi connectivity index (χ1v) is 5.63. The Kier molecular flexibility index (Phi) is 4.04. The van der Waals surface area contributed by atoms with Gasteiger partial charge in [0.15, 0.2) is 5.69 Å². The highest BCUT2D eigenvalue weighted by molar-refractivity contribution is 5.85. The summed E-state index contributed by atoms with van der Waals surface area (Å²) in [4.78, 5) is 18.3. The van der Waals surface area contributed by atoms with Crippen molar-refractivity contribution < 1.29 is 19.7 Å². The second-order valence-electron chi connectivity index (χ2n) is 3.75. The quantitative estimate of drug-likeness (QED) is 0.846. The van der Waals surface area contributed by atoms with Crippen molar-refractivity contribution in [3.05, 3.63) is 47.8 Å². The maximum Gasteiger partial charge on any atom is 0.354 e. The zero-order valence-corrected chi connectivity index (χ0v) is 9.98. The van der Waals surface area contributed by atoms with Crippen molar-refractivity contribution in [2.24, 2.45) is 0 Å². The monoisotopic (exact) mass is 260 g/mol. The highest BCUT2D eigenvalue weighted by atomic mass is 16.5. The molecule has 2 N–H and O–H groups in total. The zero-order chi connectivity index (χ0) is 13.7. The topological polar surface area (TPSA) is 92.5 Å². The van der Waals surface area contributed by atoms with Gasteiger partial charge in [0, 0.05) is 12.8 Å². The van der Waals surface area contributed by atoms with Gasteiger partial charge < -0.3 is 14.9 Å². The molecule has 0 aliphatic carbocycles. The van der Waals surface area contributed by atoms with Crippen molar-refractivity contribution in [1.29, 1.82) is 0 Å². The Bertz CT molecular complexity index is 569. The van der Waals surface area contributed by atoms with Gasteiger partial charge >= 0.3 is 12.0 Å². The molecule has 0 unspecified atom stereocenters. The van der Waals surface area contributed by atoms with Gasteiger partial charge in [0.2, 0.25) is 0 Å². The fourth-order valence-corrected chi connectivity index (χ4v) is 1.47. The summed E-state index contributed by atoms with van der Waals surface area (Å²) < 4.78 is 5.35. The lowest BCUT2D eigenvalue weighted by Gasteiger charge is -2.05. The predicted octanol–water partition coefficient (Wildman–Crippen LogP) is 1.50. The van der Waals surface area contributed by atoms with E-state index in [0.717, 1.165) is 5.56 Å². The summed E-state index contributed by atoms with van der Waals surface area (Å²) in [5.74, 6) is -0.630. The van der Waals surface area contributed by atoms with Crippen molar-refractivity contribution >= 4 is 5.97 Å². The Morgan fingerprint density at radius 1 is 1.21 bits per heavy atom. The molecule has 0 saturated carbocycles. The van der Waals surface area contributed by atoms with Gasteiger partial charge in [-0.05, 0) is 30.2 Å². The van der Waals surface area contributed by atoms with E-state index in [0.29, 0.717) is 12.2 Å². The Labute approximate surface area is 109 Å². The number of hydrogen-bond donors (Lipinski definition) is 2. The van der Waals surface area contributed by atoms with E-state index in [-0.39, 0.29) is 18.3 Å². The third kappa shape index (κ3) is 3.49. The lowest BCUT2D eigenvalue weighted by molar-refractivity contribution is 0.0689. The van der Waals surface area contributed by atoms with Gasteiger partial charge in [0.25, 0.3) is 0 Å². The molecule has 0 atom stereocenters. The standard InChI is InChI=1S/C13H12N2O4/c16-8-6-9-1-3-10(4-2-9)19-13-14-7-5-11(15-13)12(17)18/h1-5,7,16H,6,8H2,(H,17,18). The first-order valence-electron chi connectivity index (χ1n) is 5.63. The average molecular weight is 260 g/mol. The lowest BCUT2D eigenvalue weighted by atomic mass is 10.1. The van der Waals surface area contributed by atoms with Crippen LogP contribution in [-0.2, 0) is 6.42 Å². The van der Waals surface area contributed by atoms with E-state index in [1.807, 2.05) is 12.1 Å². The van der Waals surface area contributed by atoms with Gasteiger partial charge in [-0.1, -0.05) is 12.1 Å². The van der Waals surface area contributed by atoms with Crippen LogP contribution >= 0.6 is 0 Å². The van der Waals surface area contributed by atoms with E-state index in [1.165, 1.54) is 12.3 Å². The maximum atomic E-state index is 10.8. The van der Waals surface area contributed by atoms with Gasteiger partial charge in [0.05, 0.1) is 0 Å². The van der Waals surface area contributed by atoms with Crippen LogP contribution in [0.4, 0.5) is 0 Å². The first-order chi connectivity index (χ1) is 9.19. The third-order valence-electron chi connectivity index (χ3n) is 2.39. The second-order valence-corrected chi connectivity index (χ2v) is 3.75. The minimum Gasteiger partial charge on any atom is -0.477 e. The molecular formula is C13H12N2O4. The van der Waals surface area contributed by atoms with Crippen LogP contribution in [-0.4, -0.2) is 32.8 Å². The molecule has 0 spiro atoms.